The molecule has 2 heterocycles. The van der Waals surface area contributed by atoms with Crippen LogP contribution in [0.1, 0.15) is 23.5 Å². The van der Waals surface area contributed by atoms with Gasteiger partial charge in [0.1, 0.15) is 11.8 Å². The lowest BCUT2D eigenvalue weighted by Crippen LogP contribution is -2.46. The van der Waals surface area contributed by atoms with E-state index < -0.39 is 24.7 Å². The number of aromatic nitrogens is 1. The summed E-state index contributed by atoms with van der Waals surface area (Å²) in [6.07, 6.45) is -4.43. The van der Waals surface area contributed by atoms with E-state index in [-0.39, 0.29) is 22.7 Å². The number of nitrogens with one attached hydrogen (secondary N) is 2. The third kappa shape index (κ3) is 5.70. The van der Waals surface area contributed by atoms with Crippen molar-refractivity contribution in [3.05, 3.63) is 40.6 Å². The number of benzene rings is 1. The molecule has 2 amide bonds. The zero-order valence-corrected chi connectivity index (χ0v) is 17.6. The third-order valence-corrected chi connectivity index (χ3v) is 5.78. The highest BCUT2D eigenvalue weighted by Crippen LogP contribution is 2.30. The summed E-state index contributed by atoms with van der Waals surface area (Å²) in [5.74, 6) is -0.882. The lowest BCUT2D eigenvalue weighted by atomic mass is 10.0. The second-order valence-corrected chi connectivity index (χ2v) is 8.69. The van der Waals surface area contributed by atoms with Gasteiger partial charge in [-0.15, -0.1) is 11.3 Å². The van der Waals surface area contributed by atoms with Crippen molar-refractivity contribution in [3.8, 4) is 5.75 Å². The van der Waals surface area contributed by atoms with Crippen LogP contribution in [0.25, 0.3) is 10.2 Å². The maximum atomic E-state index is 12.7. The Kier molecular flexibility index (Phi) is 6.61. The van der Waals surface area contributed by atoms with E-state index in [4.69, 9.17) is 4.74 Å². The number of thiazole rings is 1. The summed E-state index contributed by atoms with van der Waals surface area (Å²) in [7, 11) is 0. The Morgan fingerprint density at radius 1 is 1.23 bits per heavy atom. The van der Waals surface area contributed by atoms with Crippen LogP contribution < -0.4 is 15.4 Å². The van der Waals surface area contributed by atoms with Gasteiger partial charge in [0.25, 0.3) is 5.91 Å². The van der Waals surface area contributed by atoms with Gasteiger partial charge in [0.05, 0.1) is 15.1 Å². The van der Waals surface area contributed by atoms with Crippen molar-refractivity contribution in [1.82, 2.24) is 10.3 Å². The minimum atomic E-state index is -4.43. The second kappa shape index (κ2) is 9.00. The number of ether oxygens (including phenoxy) is 1. The molecule has 1 atom stereocenters. The molecule has 0 radical (unpaired) electrons. The van der Waals surface area contributed by atoms with Gasteiger partial charge in [-0.2, -0.15) is 13.2 Å². The molecule has 2 aromatic heterocycles. The summed E-state index contributed by atoms with van der Waals surface area (Å²) < 4.78 is 42.2. The minimum absolute atomic E-state index is 0.0598. The number of carbonyl (C=O) groups is 2. The number of alkyl halides is 3. The average molecular weight is 457 g/mol. The molecule has 30 heavy (non-hydrogen) atoms. The first kappa shape index (κ1) is 22.0. The number of hydrogen-bond donors (Lipinski definition) is 2. The smallest absolute Gasteiger partial charge is 0.422 e. The fraction of sp³-hybridized carbons (Fsp3) is 0.316. The Labute approximate surface area is 178 Å². The number of thiophene rings is 1. The van der Waals surface area contributed by atoms with E-state index >= 15 is 0 Å². The average Bonchev–Trinajstić information content (AvgIpc) is 3.32. The molecule has 6 nitrogen and oxygen atoms in total. The van der Waals surface area contributed by atoms with Gasteiger partial charge in [-0.3, -0.25) is 9.59 Å². The van der Waals surface area contributed by atoms with Gasteiger partial charge in [0.2, 0.25) is 5.91 Å². The Hall–Kier alpha value is -2.66. The van der Waals surface area contributed by atoms with Gasteiger partial charge >= 0.3 is 6.18 Å². The fourth-order valence-corrected chi connectivity index (χ4v) is 4.08. The van der Waals surface area contributed by atoms with Crippen LogP contribution >= 0.6 is 22.7 Å². The molecule has 160 valence electrons. The van der Waals surface area contributed by atoms with Gasteiger partial charge < -0.3 is 15.4 Å². The van der Waals surface area contributed by atoms with E-state index in [1.807, 2.05) is 13.8 Å². The topological polar surface area (TPSA) is 80.3 Å². The number of halogens is 3. The lowest BCUT2D eigenvalue weighted by Gasteiger charge is -2.20. The van der Waals surface area contributed by atoms with Crippen molar-refractivity contribution in [2.45, 2.75) is 26.1 Å². The summed E-state index contributed by atoms with van der Waals surface area (Å²) in [6.45, 7) is 2.23. The van der Waals surface area contributed by atoms with Crippen LogP contribution in [-0.2, 0) is 4.79 Å². The fourth-order valence-electron chi connectivity index (χ4n) is 2.55. The van der Waals surface area contributed by atoms with Crippen LogP contribution in [0.4, 0.5) is 18.3 Å². The van der Waals surface area contributed by atoms with Gasteiger partial charge in [-0.25, -0.2) is 4.98 Å². The summed E-state index contributed by atoms with van der Waals surface area (Å²) in [6, 6.07) is 6.98. The summed E-state index contributed by atoms with van der Waals surface area (Å²) >= 11 is 2.38. The maximum absolute atomic E-state index is 12.7. The SMILES string of the molecule is CC(C)C(NC(=O)c1cccs1)C(=O)Nc1nc2ccc(OCC(F)(F)F)cc2s1. The maximum Gasteiger partial charge on any atom is 0.422 e. The van der Waals surface area contributed by atoms with Gasteiger partial charge in [0.15, 0.2) is 11.7 Å². The molecule has 0 aliphatic carbocycles. The monoisotopic (exact) mass is 457 g/mol. The van der Waals surface area contributed by atoms with E-state index in [1.54, 1.807) is 17.5 Å². The summed E-state index contributed by atoms with van der Waals surface area (Å²) in [5.41, 5.74) is 0.512. The highest BCUT2D eigenvalue weighted by Gasteiger charge is 2.29. The van der Waals surface area contributed by atoms with Crippen molar-refractivity contribution in [1.29, 1.82) is 0 Å². The van der Waals surface area contributed by atoms with Gasteiger partial charge in [-0.05, 0) is 35.6 Å². The number of amides is 2. The Morgan fingerprint density at radius 2 is 2.00 bits per heavy atom. The van der Waals surface area contributed by atoms with Crippen LogP contribution in [0, 0.1) is 5.92 Å². The molecule has 1 aromatic carbocycles. The van der Waals surface area contributed by atoms with Crippen molar-refractivity contribution in [2.24, 2.45) is 5.92 Å². The molecule has 3 aromatic rings. The third-order valence-electron chi connectivity index (χ3n) is 3.97. The van der Waals surface area contributed by atoms with Crippen LogP contribution in [0.3, 0.4) is 0 Å². The predicted molar refractivity (Wildman–Crippen MR) is 110 cm³/mol. The molecule has 0 bridgehead atoms. The molecular weight excluding hydrogens is 439 g/mol. The largest absolute Gasteiger partial charge is 0.484 e. The van der Waals surface area contributed by atoms with Crippen molar-refractivity contribution >= 4 is 49.8 Å². The first-order valence-corrected chi connectivity index (χ1v) is 10.6. The Balaban J connectivity index is 1.70. The van der Waals surface area contributed by atoms with Crippen molar-refractivity contribution in [2.75, 3.05) is 11.9 Å². The molecule has 0 spiro atoms. The van der Waals surface area contributed by atoms with Gasteiger partial charge in [-0.1, -0.05) is 31.3 Å². The van der Waals surface area contributed by atoms with Crippen molar-refractivity contribution in [3.63, 3.8) is 0 Å². The molecule has 0 saturated heterocycles. The van der Waals surface area contributed by atoms with Crippen LogP contribution in [0.5, 0.6) is 5.75 Å². The van der Waals surface area contributed by atoms with Crippen LogP contribution in [-0.4, -0.2) is 35.6 Å². The minimum Gasteiger partial charge on any atom is -0.484 e. The molecule has 3 rings (SSSR count). The van der Waals surface area contributed by atoms with Crippen LogP contribution in [0.2, 0.25) is 0 Å². The zero-order valence-electron chi connectivity index (χ0n) is 15.9. The van der Waals surface area contributed by atoms with E-state index in [9.17, 15) is 22.8 Å². The molecule has 0 aliphatic heterocycles. The zero-order chi connectivity index (χ0) is 21.9. The molecular formula is C19H18F3N3O3S2. The Morgan fingerprint density at radius 3 is 2.63 bits per heavy atom. The van der Waals surface area contributed by atoms with Crippen LogP contribution in [0.15, 0.2) is 35.7 Å². The number of anilines is 1. The van der Waals surface area contributed by atoms with E-state index in [0.29, 0.717) is 15.1 Å². The lowest BCUT2D eigenvalue weighted by molar-refractivity contribution is -0.153. The number of carbonyl (C=O) groups excluding carboxylic acids is 2. The Bertz CT molecular complexity index is 1030. The first-order valence-electron chi connectivity index (χ1n) is 8.88. The normalized spacial score (nSPS) is 12.7. The molecule has 1 unspecified atom stereocenters. The highest BCUT2D eigenvalue weighted by molar-refractivity contribution is 7.22. The number of hydrogen-bond acceptors (Lipinski definition) is 6. The number of rotatable bonds is 7. The summed E-state index contributed by atoms with van der Waals surface area (Å²) in [5, 5.41) is 7.45. The second-order valence-electron chi connectivity index (χ2n) is 6.71. The molecule has 0 saturated carbocycles. The van der Waals surface area contributed by atoms with Crippen molar-refractivity contribution < 1.29 is 27.5 Å². The van der Waals surface area contributed by atoms with E-state index in [0.717, 1.165) is 11.3 Å². The summed E-state index contributed by atoms with van der Waals surface area (Å²) in [4.78, 5) is 29.8. The highest BCUT2D eigenvalue weighted by atomic mass is 32.1. The first-order chi connectivity index (χ1) is 14.1. The standard InChI is InChI=1S/C19H18F3N3O3S2/c1-10(2)15(24-16(26)13-4-3-7-29-13)17(27)25-18-23-12-6-5-11(8-14(12)30-18)28-9-19(20,21)22/h3-8,10,15H,9H2,1-2H3,(H,24,26)(H,23,25,27). The number of fused-ring (bicyclic) bond motifs is 1. The quantitative estimate of drug-likeness (QED) is 0.539. The molecule has 0 aliphatic rings. The number of nitrogens with zero attached hydrogens (tertiary/aromatic N) is 1. The van der Waals surface area contributed by atoms with E-state index in [2.05, 4.69) is 15.6 Å². The van der Waals surface area contributed by atoms with E-state index in [1.165, 1.54) is 29.5 Å². The molecule has 0 fully saturated rings. The molecule has 11 heteroatoms. The molecule has 2 N–H and O–H groups in total. The predicted octanol–water partition coefficient (Wildman–Crippen LogP) is 4.69. The van der Waals surface area contributed by atoms with Gasteiger partial charge in [0, 0.05) is 0 Å².